The van der Waals surface area contributed by atoms with Gasteiger partial charge in [-0.25, -0.2) is 9.48 Å². The number of benzene rings is 2. The van der Waals surface area contributed by atoms with Gasteiger partial charge in [0.25, 0.3) is 0 Å². The quantitative estimate of drug-likeness (QED) is 0.580. The van der Waals surface area contributed by atoms with Crippen LogP contribution in [0.15, 0.2) is 59.1 Å². The van der Waals surface area contributed by atoms with Crippen LogP contribution < -0.4 is 0 Å². The van der Waals surface area contributed by atoms with Crippen LogP contribution in [0.1, 0.15) is 19.4 Å². The SMILES string of the molecule is CCC(C(=O)O)n1nc(-c2ccc(Br)cc2)cc1-c1cccc(Cl)c1. The maximum absolute atomic E-state index is 11.7. The number of carboxylic acid groups (broad SMARTS) is 1. The molecule has 0 bridgehead atoms. The van der Waals surface area contributed by atoms with Crippen molar-refractivity contribution in [1.29, 1.82) is 0 Å². The number of aliphatic carboxylic acids is 1. The van der Waals surface area contributed by atoms with Gasteiger partial charge in [-0.3, -0.25) is 0 Å². The first-order valence-corrected chi connectivity index (χ1v) is 9.01. The number of carboxylic acids is 1. The molecule has 0 aliphatic heterocycles. The molecule has 6 heteroatoms. The van der Waals surface area contributed by atoms with E-state index < -0.39 is 12.0 Å². The standard InChI is InChI=1S/C19H16BrClN2O2/c1-2-17(19(24)25)23-18(13-4-3-5-15(21)10-13)11-16(22-23)12-6-8-14(20)9-7-12/h3-11,17H,2H2,1H3,(H,24,25). The molecule has 0 radical (unpaired) electrons. The van der Waals surface area contributed by atoms with E-state index in [0.29, 0.717) is 11.4 Å². The van der Waals surface area contributed by atoms with E-state index in [0.717, 1.165) is 27.0 Å². The van der Waals surface area contributed by atoms with Crippen molar-refractivity contribution in [3.8, 4) is 22.5 Å². The predicted molar refractivity (Wildman–Crippen MR) is 103 cm³/mol. The van der Waals surface area contributed by atoms with Crippen LogP contribution in [-0.4, -0.2) is 20.9 Å². The lowest BCUT2D eigenvalue weighted by Crippen LogP contribution is -2.20. The van der Waals surface area contributed by atoms with Crippen LogP contribution in [0.3, 0.4) is 0 Å². The highest BCUT2D eigenvalue weighted by Gasteiger charge is 2.23. The summed E-state index contributed by atoms with van der Waals surface area (Å²) in [6, 6.07) is 16.3. The van der Waals surface area contributed by atoms with Gasteiger partial charge in [0.1, 0.15) is 6.04 Å². The van der Waals surface area contributed by atoms with Crippen LogP contribution in [0.25, 0.3) is 22.5 Å². The van der Waals surface area contributed by atoms with Crippen molar-refractivity contribution in [2.45, 2.75) is 19.4 Å². The second-order valence-corrected chi connectivity index (χ2v) is 6.99. The van der Waals surface area contributed by atoms with Crippen molar-refractivity contribution >= 4 is 33.5 Å². The first-order valence-electron chi connectivity index (χ1n) is 7.84. The molecule has 25 heavy (non-hydrogen) atoms. The molecule has 0 saturated heterocycles. The van der Waals surface area contributed by atoms with Crippen molar-refractivity contribution in [1.82, 2.24) is 9.78 Å². The van der Waals surface area contributed by atoms with Crippen LogP contribution in [0, 0.1) is 0 Å². The average Bonchev–Trinajstić information content (AvgIpc) is 3.01. The fourth-order valence-electron chi connectivity index (χ4n) is 2.71. The number of rotatable bonds is 5. The second-order valence-electron chi connectivity index (χ2n) is 5.64. The lowest BCUT2D eigenvalue weighted by Gasteiger charge is -2.14. The molecular formula is C19H16BrClN2O2. The lowest BCUT2D eigenvalue weighted by atomic mass is 10.1. The van der Waals surface area contributed by atoms with Crippen LogP contribution in [0.4, 0.5) is 0 Å². The molecule has 0 fully saturated rings. The zero-order valence-electron chi connectivity index (χ0n) is 13.5. The summed E-state index contributed by atoms with van der Waals surface area (Å²) in [5.41, 5.74) is 3.21. The van der Waals surface area contributed by atoms with Crippen molar-refractivity contribution in [2.24, 2.45) is 0 Å². The predicted octanol–water partition coefficient (Wildman–Crippen LogP) is 5.67. The molecule has 1 aromatic heterocycles. The van der Waals surface area contributed by atoms with Gasteiger partial charge < -0.3 is 5.11 Å². The summed E-state index contributed by atoms with van der Waals surface area (Å²) in [5, 5.41) is 14.8. The van der Waals surface area contributed by atoms with E-state index in [2.05, 4.69) is 21.0 Å². The Kier molecular flexibility index (Phi) is 5.25. The second kappa shape index (κ2) is 7.42. The summed E-state index contributed by atoms with van der Waals surface area (Å²) in [6.07, 6.45) is 0.435. The molecule has 0 amide bonds. The lowest BCUT2D eigenvalue weighted by molar-refractivity contribution is -0.141. The fourth-order valence-corrected chi connectivity index (χ4v) is 3.16. The van der Waals surface area contributed by atoms with Gasteiger partial charge in [0.2, 0.25) is 0 Å². The summed E-state index contributed by atoms with van der Waals surface area (Å²) in [5.74, 6) is -0.906. The molecule has 1 N–H and O–H groups in total. The van der Waals surface area contributed by atoms with Crippen LogP contribution >= 0.6 is 27.5 Å². The monoisotopic (exact) mass is 418 g/mol. The van der Waals surface area contributed by atoms with E-state index >= 15 is 0 Å². The topological polar surface area (TPSA) is 55.1 Å². The molecule has 3 rings (SSSR count). The third-order valence-corrected chi connectivity index (χ3v) is 4.73. The Bertz CT molecular complexity index is 906. The molecule has 128 valence electrons. The third-order valence-electron chi connectivity index (χ3n) is 3.96. The molecule has 1 atom stereocenters. The highest BCUT2D eigenvalue weighted by atomic mass is 79.9. The Morgan fingerprint density at radius 3 is 2.52 bits per heavy atom. The molecule has 0 aliphatic rings. The summed E-state index contributed by atoms with van der Waals surface area (Å²) in [6.45, 7) is 1.83. The Labute approximate surface area is 159 Å². The fraction of sp³-hybridized carbons (Fsp3) is 0.158. The Balaban J connectivity index is 2.17. The smallest absolute Gasteiger partial charge is 0.328 e. The Hall–Kier alpha value is -2.11. The maximum atomic E-state index is 11.7. The van der Waals surface area contributed by atoms with Gasteiger partial charge >= 0.3 is 5.97 Å². The number of hydrogen-bond acceptors (Lipinski definition) is 2. The maximum Gasteiger partial charge on any atom is 0.328 e. The molecule has 1 heterocycles. The highest BCUT2D eigenvalue weighted by molar-refractivity contribution is 9.10. The molecule has 0 spiro atoms. The number of nitrogens with zero attached hydrogens (tertiary/aromatic N) is 2. The van der Waals surface area contributed by atoms with Gasteiger partial charge in [-0.2, -0.15) is 5.10 Å². The molecule has 4 nitrogen and oxygen atoms in total. The first kappa shape index (κ1) is 17.7. The Morgan fingerprint density at radius 1 is 1.20 bits per heavy atom. The molecule has 2 aromatic carbocycles. The number of hydrogen-bond donors (Lipinski definition) is 1. The van der Waals surface area contributed by atoms with Crippen LogP contribution in [-0.2, 0) is 4.79 Å². The van der Waals surface area contributed by atoms with E-state index in [9.17, 15) is 9.90 Å². The summed E-state index contributed by atoms with van der Waals surface area (Å²) >= 11 is 9.53. The summed E-state index contributed by atoms with van der Waals surface area (Å²) in [4.78, 5) is 11.7. The molecule has 1 unspecified atom stereocenters. The van der Waals surface area contributed by atoms with Gasteiger partial charge in [0.05, 0.1) is 11.4 Å². The minimum atomic E-state index is -0.906. The average molecular weight is 420 g/mol. The molecule has 0 saturated carbocycles. The largest absolute Gasteiger partial charge is 0.480 e. The number of halogens is 2. The van der Waals surface area contributed by atoms with Crippen LogP contribution in [0.2, 0.25) is 5.02 Å². The van der Waals surface area contributed by atoms with Gasteiger partial charge in [-0.05, 0) is 36.8 Å². The van der Waals surface area contributed by atoms with E-state index in [4.69, 9.17) is 11.6 Å². The molecule has 3 aromatic rings. The zero-order chi connectivity index (χ0) is 18.0. The minimum absolute atomic E-state index is 0.435. The normalized spacial score (nSPS) is 12.1. The van der Waals surface area contributed by atoms with E-state index in [1.165, 1.54) is 0 Å². The number of aromatic nitrogens is 2. The minimum Gasteiger partial charge on any atom is -0.480 e. The zero-order valence-corrected chi connectivity index (χ0v) is 15.8. The molecule has 0 aliphatic carbocycles. The number of carbonyl (C=O) groups is 1. The van der Waals surface area contributed by atoms with E-state index in [-0.39, 0.29) is 0 Å². The third kappa shape index (κ3) is 3.78. The van der Waals surface area contributed by atoms with E-state index in [1.807, 2.05) is 55.5 Å². The van der Waals surface area contributed by atoms with Gasteiger partial charge in [0.15, 0.2) is 0 Å². The Morgan fingerprint density at radius 2 is 1.92 bits per heavy atom. The summed E-state index contributed by atoms with van der Waals surface area (Å²) in [7, 11) is 0. The summed E-state index contributed by atoms with van der Waals surface area (Å²) < 4.78 is 2.55. The van der Waals surface area contributed by atoms with Gasteiger partial charge in [-0.1, -0.05) is 58.7 Å². The van der Waals surface area contributed by atoms with Gasteiger partial charge in [-0.15, -0.1) is 0 Å². The van der Waals surface area contributed by atoms with Crippen molar-refractivity contribution in [3.05, 3.63) is 64.1 Å². The van der Waals surface area contributed by atoms with E-state index in [1.54, 1.807) is 10.7 Å². The van der Waals surface area contributed by atoms with Gasteiger partial charge in [0, 0.05) is 20.6 Å². The molecular weight excluding hydrogens is 404 g/mol. The van der Waals surface area contributed by atoms with Crippen molar-refractivity contribution < 1.29 is 9.90 Å². The van der Waals surface area contributed by atoms with Crippen molar-refractivity contribution in [3.63, 3.8) is 0 Å². The first-order chi connectivity index (χ1) is 12.0. The van der Waals surface area contributed by atoms with Crippen molar-refractivity contribution in [2.75, 3.05) is 0 Å². The van der Waals surface area contributed by atoms with Crippen LogP contribution in [0.5, 0.6) is 0 Å². The highest BCUT2D eigenvalue weighted by Crippen LogP contribution is 2.31.